The van der Waals surface area contributed by atoms with Gasteiger partial charge < -0.3 is 15.3 Å². The molecule has 1 aromatic carbocycles. The largest absolute Gasteiger partial charge is 0.395 e. The van der Waals surface area contributed by atoms with Crippen LogP contribution in [0.5, 0.6) is 0 Å². The van der Waals surface area contributed by atoms with Crippen molar-refractivity contribution in [1.29, 1.82) is 0 Å². The Labute approximate surface area is 110 Å². The Kier molecular flexibility index (Phi) is 5.02. The summed E-state index contributed by atoms with van der Waals surface area (Å²) < 4.78 is 0. The normalized spacial score (nSPS) is 16.4. The molecule has 3 heteroatoms. The fourth-order valence-electron chi connectivity index (χ4n) is 2.70. The number of aliphatic hydroxyl groups excluding tert-OH is 1. The number of nitrogens with one attached hydrogen (secondary N) is 1. The summed E-state index contributed by atoms with van der Waals surface area (Å²) in [5.74, 6) is 0. The van der Waals surface area contributed by atoms with Gasteiger partial charge in [-0.2, -0.15) is 0 Å². The minimum Gasteiger partial charge on any atom is -0.395 e. The smallest absolute Gasteiger partial charge is 0.0585 e. The van der Waals surface area contributed by atoms with Crippen molar-refractivity contribution in [2.45, 2.75) is 32.2 Å². The minimum absolute atomic E-state index is 0.226. The maximum Gasteiger partial charge on any atom is 0.0585 e. The number of fused-ring (bicyclic) bond motifs is 1. The quantitative estimate of drug-likeness (QED) is 0.806. The number of aliphatic hydroxyl groups is 1. The molecule has 18 heavy (non-hydrogen) atoms. The number of anilines is 1. The second kappa shape index (κ2) is 6.76. The van der Waals surface area contributed by atoms with Crippen molar-refractivity contribution in [2.75, 3.05) is 31.1 Å². The van der Waals surface area contributed by atoms with Gasteiger partial charge in [0.25, 0.3) is 0 Å². The summed E-state index contributed by atoms with van der Waals surface area (Å²) in [6, 6.07) is 8.91. The van der Waals surface area contributed by atoms with Crippen LogP contribution in [-0.2, 0) is 6.42 Å². The molecule has 1 atom stereocenters. The second-order valence-corrected chi connectivity index (χ2v) is 4.95. The number of para-hydroxylation sites is 1. The molecule has 0 saturated carbocycles. The molecule has 0 aliphatic carbocycles. The molecule has 2 N–H and O–H groups in total. The van der Waals surface area contributed by atoms with Gasteiger partial charge >= 0.3 is 0 Å². The summed E-state index contributed by atoms with van der Waals surface area (Å²) >= 11 is 0. The molecule has 0 bridgehead atoms. The van der Waals surface area contributed by atoms with Crippen molar-refractivity contribution in [3.8, 4) is 0 Å². The van der Waals surface area contributed by atoms with Gasteiger partial charge in [-0.3, -0.25) is 0 Å². The molecule has 0 radical (unpaired) electrons. The molecule has 1 aliphatic rings. The molecule has 3 nitrogen and oxygen atoms in total. The molecule has 1 heterocycles. The van der Waals surface area contributed by atoms with E-state index in [1.54, 1.807) is 0 Å². The highest BCUT2D eigenvalue weighted by atomic mass is 16.3. The standard InChI is InChI=1S/C15H24N2O/c1-2-16-14(12-18)9-11-17-10-5-7-13-6-3-4-8-15(13)17/h3-4,6,8,14,16,18H,2,5,7,9-12H2,1H3. The Morgan fingerprint density at radius 2 is 2.22 bits per heavy atom. The third-order valence-corrected chi connectivity index (χ3v) is 3.67. The zero-order chi connectivity index (χ0) is 12.8. The first kappa shape index (κ1) is 13.4. The van der Waals surface area contributed by atoms with E-state index in [4.69, 9.17) is 0 Å². The van der Waals surface area contributed by atoms with E-state index in [1.807, 2.05) is 0 Å². The van der Waals surface area contributed by atoms with Gasteiger partial charge in [-0.25, -0.2) is 0 Å². The highest BCUT2D eigenvalue weighted by Crippen LogP contribution is 2.26. The van der Waals surface area contributed by atoms with Crippen LogP contribution in [0.15, 0.2) is 24.3 Å². The summed E-state index contributed by atoms with van der Waals surface area (Å²) in [7, 11) is 0. The summed E-state index contributed by atoms with van der Waals surface area (Å²) in [6.45, 7) is 5.39. The van der Waals surface area contributed by atoms with Gasteiger partial charge in [-0.15, -0.1) is 0 Å². The predicted octanol–water partition coefficient (Wildman–Crippen LogP) is 1.80. The fourth-order valence-corrected chi connectivity index (χ4v) is 2.70. The molecule has 2 rings (SSSR count). The highest BCUT2D eigenvalue weighted by Gasteiger charge is 2.17. The molecule has 1 unspecified atom stereocenters. The Balaban J connectivity index is 1.94. The van der Waals surface area contributed by atoms with Crippen LogP contribution in [-0.4, -0.2) is 37.4 Å². The Hall–Kier alpha value is -1.06. The molecule has 1 aliphatic heterocycles. The second-order valence-electron chi connectivity index (χ2n) is 4.95. The summed E-state index contributed by atoms with van der Waals surface area (Å²) in [5.41, 5.74) is 2.85. The highest BCUT2D eigenvalue weighted by molar-refractivity contribution is 5.55. The van der Waals surface area contributed by atoms with E-state index in [-0.39, 0.29) is 12.6 Å². The lowest BCUT2D eigenvalue weighted by molar-refractivity contribution is 0.238. The van der Waals surface area contributed by atoms with E-state index in [2.05, 4.69) is 41.4 Å². The topological polar surface area (TPSA) is 35.5 Å². The molecular weight excluding hydrogens is 224 g/mol. The maximum absolute atomic E-state index is 9.30. The lowest BCUT2D eigenvalue weighted by Crippen LogP contribution is -2.38. The van der Waals surface area contributed by atoms with Crippen molar-refractivity contribution >= 4 is 5.69 Å². The van der Waals surface area contributed by atoms with E-state index in [0.717, 1.165) is 26.1 Å². The van der Waals surface area contributed by atoms with Crippen LogP contribution in [0.1, 0.15) is 25.3 Å². The average molecular weight is 248 g/mol. The summed E-state index contributed by atoms with van der Waals surface area (Å²) in [6.07, 6.45) is 3.43. The number of likely N-dealkylation sites (N-methyl/N-ethyl adjacent to an activating group) is 1. The van der Waals surface area contributed by atoms with Crippen molar-refractivity contribution in [3.05, 3.63) is 29.8 Å². The Bertz CT molecular complexity index is 367. The maximum atomic E-state index is 9.30. The lowest BCUT2D eigenvalue weighted by atomic mass is 10.0. The summed E-state index contributed by atoms with van der Waals surface area (Å²) in [4.78, 5) is 2.46. The Morgan fingerprint density at radius 3 is 3.00 bits per heavy atom. The van der Waals surface area contributed by atoms with E-state index < -0.39 is 0 Å². The third kappa shape index (κ3) is 3.24. The average Bonchev–Trinajstić information content (AvgIpc) is 2.43. The van der Waals surface area contributed by atoms with Crippen LogP contribution in [0, 0.1) is 0 Å². The minimum atomic E-state index is 0.226. The van der Waals surface area contributed by atoms with Crippen LogP contribution in [0.4, 0.5) is 5.69 Å². The van der Waals surface area contributed by atoms with E-state index >= 15 is 0 Å². The number of hydrogen-bond donors (Lipinski definition) is 2. The first-order chi connectivity index (χ1) is 8.85. The molecule has 1 aromatic rings. The number of nitrogens with zero attached hydrogens (tertiary/aromatic N) is 1. The van der Waals surface area contributed by atoms with Crippen molar-refractivity contribution in [1.82, 2.24) is 5.32 Å². The zero-order valence-electron chi connectivity index (χ0n) is 11.2. The van der Waals surface area contributed by atoms with Gasteiger partial charge in [0.2, 0.25) is 0 Å². The van der Waals surface area contributed by atoms with Crippen LogP contribution >= 0.6 is 0 Å². The monoisotopic (exact) mass is 248 g/mol. The van der Waals surface area contributed by atoms with Gasteiger partial charge in [-0.05, 0) is 37.4 Å². The van der Waals surface area contributed by atoms with E-state index in [9.17, 15) is 5.11 Å². The summed E-state index contributed by atoms with van der Waals surface area (Å²) in [5, 5.41) is 12.6. The molecular formula is C15H24N2O. The number of hydrogen-bond acceptors (Lipinski definition) is 3. The van der Waals surface area contributed by atoms with Crippen molar-refractivity contribution < 1.29 is 5.11 Å². The van der Waals surface area contributed by atoms with Crippen LogP contribution in [0.25, 0.3) is 0 Å². The molecule has 0 amide bonds. The van der Waals surface area contributed by atoms with E-state index in [0.29, 0.717) is 0 Å². The third-order valence-electron chi connectivity index (χ3n) is 3.67. The van der Waals surface area contributed by atoms with Gasteiger partial charge in [0, 0.05) is 24.8 Å². The van der Waals surface area contributed by atoms with E-state index in [1.165, 1.54) is 24.1 Å². The predicted molar refractivity (Wildman–Crippen MR) is 76.1 cm³/mol. The molecule has 0 aromatic heterocycles. The Morgan fingerprint density at radius 1 is 1.39 bits per heavy atom. The number of benzene rings is 1. The molecule has 0 saturated heterocycles. The number of aryl methyl sites for hydroxylation is 1. The van der Waals surface area contributed by atoms with Crippen LogP contribution in [0.2, 0.25) is 0 Å². The molecule has 0 fully saturated rings. The van der Waals surface area contributed by atoms with Crippen molar-refractivity contribution in [3.63, 3.8) is 0 Å². The van der Waals surface area contributed by atoms with Gasteiger partial charge in [-0.1, -0.05) is 25.1 Å². The molecule has 0 spiro atoms. The van der Waals surface area contributed by atoms with Gasteiger partial charge in [0.1, 0.15) is 0 Å². The van der Waals surface area contributed by atoms with Gasteiger partial charge in [0.15, 0.2) is 0 Å². The van der Waals surface area contributed by atoms with Gasteiger partial charge in [0.05, 0.1) is 6.61 Å². The van der Waals surface area contributed by atoms with Crippen LogP contribution in [0.3, 0.4) is 0 Å². The lowest BCUT2D eigenvalue weighted by Gasteiger charge is -2.32. The number of rotatable bonds is 6. The first-order valence-electron chi connectivity index (χ1n) is 7.02. The fraction of sp³-hybridized carbons (Fsp3) is 0.600. The first-order valence-corrected chi connectivity index (χ1v) is 7.02. The molecule has 100 valence electrons. The zero-order valence-corrected chi connectivity index (χ0v) is 11.2. The SMILES string of the molecule is CCNC(CO)CCN1CCCc2ccccc21. The van der Waals surface area contributed by atoms with Crippen molar-refractivity contribution in [2.24, 2.45) is 0 Å². The van der Waals surface area contributed by atoms with Crippen LogP contribution < -0.4 is 10.2 Å².